The van der Waals surface area contributed by atoms with Gasteiger partial charge in [0, 0.05) is 6.26 Å². The summed E-state index contributed by atoms with van der Waals surface area (Å²) >= 11 is 0. The van der Waals surface area contributed by atoms with Crippen molar-refractivity contribution >= 4 is 22.0 Å². The molecular formula is C21H25NO3S. The van der Waals surface area contributed by atoms with Gasteiger partial charge in [0.25, 0.3) is 0 Å². The zero-order chi connectivity index (χ0) is 18.9. The van der Waals surface area contributed by atoms with Crippen LogP contribution in [0.25, 0.3) is 12.2 Å². The largest absolute Gasteiger partial charge is 0.380 e. The fraction of sp³-hybridized carbons (Fsp3) is 0.333. The average Bonchev–Trinajstić information content (AvgIpc) is 2.70. The summed E-state index contributed by atoms with van der Waals surface area (Å²) in [5.74, 6) is 0. The Balaban J connectivity index is 2.19. The van der Waals surface area contributed by atoms with E-state index in [0.29, 0.717) is 12.0 Å². The topological polar surface area (TPSA) is 57.6 Å². The summed E-state index contributed by atoms with van der Waals surface area (Å²) in [6.45, 7) is 0.846. The molecule has 0 amide bonds. The number of hydrogen-bond acceptors (Lipinski definition) is 4. The van der Waals surface area contributed by atoms with E-state index in [1.165, 1.54) is 6.26 Å². The molecule has 3 rings (SSSR count). The first-order valence-electron chi connectivity index (χ1n) is 8.71. The normalized spacial score (nSPS) is 19.1. The Morgan fingerprint density at radius 1 is 1.00 bits per heavy atom. The smallest absolute Gasteiger partial charge is 0.175 e. The lowest BCUT2D eigenvalue weighted by Crippen LogP contribution is -2.30. The number of hydrogen-bond donors (Lipinski definition) is 1. The van der Waals surface area contributed by atoms with E-state index in [1.807, 2.05) is 50.5 Å². The van der Waals surface area contributed by atoms with Crippen LogP contribution >= 0.6 is 0 Å². The first kappa shape index (κ1) is 18.8. The van der Waals surface area contributed by atoms with Crippen LogP contribution in [0.4, 0.5) is 0 Å². The summed E-state index contributed by atoms with van der Waals surface area (Å²) in [6, 6.07) is 12.8. The number of sulfone groups is 1. The number of fused-ring (bicyclic) bond motifs is 2. The van der Waals surface area contributed by atoms with Crippen molar-refractivity contribution in [3.63, 3.8) is 0 Å². The number of benzene rings is 2. The van der Waals surface area contributed by atoms with Crippen LogP contribution in [0.1, 0.15) is 35.1 Å². The Morgan fingerprint density at radius 3 is 2.31 bits per heavy atom. The SMILES string of the molecule is CN(C)CCCC1(O)c2ccccc2C=Cc2ccc(S(C)(=O)=O)cc21. The van der Waals surface area contributed by atoms with Gasteiger partial charge in [-0.3, -0.25) is 0 Å². The van der Waals surface area contributed by atoms with Gasteiger partial charge < -0.3 is 10.0 Å². The molecule has 1 aliphatic carbocycles. The molecule has 1 aliphatic rings. The maximum atomic E-state index is 12.1. The van der Waals surface area contributed by atoms with Crippen LogP contribution < -0.4 is 0 Å². The van der Waals surface area contributed by atoms with Crippen molar-refractivity contribution < 1.29 is 13.5 Å². The second-order valence-electron chi connectivity index (χ2n) is 7.21. The number of rotatable bonds is 5. The minimum absolute atomic E-state index is 0.232. The van der Waals surface area contributed by atoms with E-state index < -0.39 is 15.4 Å². The highest BCUT2D eigenvalue weighted by molar-refractivity contribution is 7.90. The summed E-state index contributed by atoms with van der Waals surface area (Å²) in [4.78, 5) is 2.31. The second-order valence-corrected chi connectivity index (χ2v) is 9.22. The van der Waals surface area contributed by atoms with E-state index in [9.17, 15) is 13.5 Å². The van der Waals surface area contributed by atoms with E-state index >= 15 is 0 Å². The van der Waals surface area contributed by atoms with Gasteiger partial charge in [0.15, 0.2) is 9.84 Å². The molecule has 4 nitrogen and oxygen atoms in total. The Hall–Kier alpha value is -1.95. The highest BCUT2D eigenvalue weighted by Crippen LogP contribution is 2.41. The molecule has 0 aromatic heterocycles. The zero-order valence-electron chi connectivity index (χ0n) is 15.4. The van der Waals surface area contributed by atoms with Crippen molar-refractivity contribution in [2.75, 3.05) is 26.9 Å². The first-order valence-corrected chi connectivity index (χ1v) is 10.6. The standard InChI is InChI=1S/C21H25NO3S/c1-22(2)14-6-13-21(23)19-8-5-4-7-16(19)9-10-17-11-12-18(15-20(17)21)26(3,24)25/h4-5,7-12,15,23H,6,13-14H2,1-3H3. The van der Waals surface area contributed by atoms with Crippen molar-refractivity contribution in [1.29, 1.82) is 0 Å². The third kappa shape index (κ3) is 3.61. The molecule has 1 N–H and O–H groups in total. The third-order valence-corrected chi connectivity index (χ3v) is 6.00. The Bertz CT molecular complexity index is 947. The highest BCUT2D eigenvalue weighted by atomic mass is 32.2. The average molecular weight is 372 g/mol. The van der Waals surface area contributed by atoms with Crippen molar-refractivity contribution in [3.8, 4) is 0 Å². The van der Waals surface area contributed by atoms with Crippen molar-refractivity contribution in [3.05, 3.63) is 64.7 Å². The fourth-order valence-corrected chi connectivity index (χ4v) is 4.18. The molecule has 1 atom stereocenters. The Labute approximate surface area is 155 Å². The lowest BCUT2D eigenvalue weighted by atomic mass is 9.80. The van der Waals surface area contributed by atoms with Crippen LogP contribution in [-0.4, -0.2) is 45.3 Å². The van der Waals surface area contributed by atoms with Crippen LogP contribution in [0.15, 0.2) is 47.4 Å². The molecule has 0 saturated heterocycles. The van der Waals surface area contributed by atoms with Crippen LogP contribution in [0, 0.1) is 0 Å². The molecule has 138 valence electrons. The summed E-state index contributed by atoms with van der Waals surface area (Å²) in [5, 5.41) is 11.8. The van der Waals surface area contributed by atoms with Gasteiger partial charge in [-0.2, -0.15) is 0 Å². The lowest BCUT2D eigenvalue weighted by molar-refractivity contribution is 0.0661. The molecule has 2 aromatic rings. The van der Waals surface area contributed by atoms with Gasteiger partial charge in [-0.15, -0.1) is 0 Å². The molecule has 26 heavy (non-hydrogen) atoms. The van der Waals surface area contributed by atoms with Gasteiger partial charge >= 0.3 is 0 Å². The minimum atomic E-state index is -3.35. The maximum absolute atomic E-state index is 12.1. The Kier molecular flexibility index (Phi) is 5.06. The maximum Gasteiger partial charge on any atom is 0.175 e. The van der Waals surface area contributed by atoms with Crippen LogP contribution in [0.2, 0.25) is 0 Å². The van der Waals surface area contributed by atoms with Gasteiger partial charge in [0.05, 0.1) is 4.90 Å². The fourth-order valence-electron chi connectivity index (χ4n) is 3.53. The molecule has 0 aliphatic heterocycles. The monoisotopic (exact) mass is 371 g/mol. The van der Waals surface area contributed by atoms with E-state index in [4.69, 9.17) is 0 Å². The van der Waals surface area contributed by atoms with Gasteiger partial charge in [-0.1, -0.05) is 42.5 Å². The van der Waals surface area contributed by atoms with Gasteiger partial charge in [-0.05, 0) is 67.9 Å². The van der Waals surface area contributed by atoms with Gasteiger partial charge in [-0.25, -0.2) is 8.42 Å². The quantitative estimate of drug-likeness (QED) is 0.877. The molecule has 0 bridgehead atoms. The molecule has 1 unspecified atom stereocenters. The lowest BCUT2D eigenvalue weighted by Gasteiger charge is -2.32. The summed E-state index contributed by atoms with van der Waals surface area (Å²) in [7, 11) is 0.652. The van der Waals surface area contributed by atoms with Crippen LogP contribution in [0.5, 0.6) is 0 Å². The molecule has 0 fully saturated rings. The highest BCUT2D eigenvalue weighted by Gasteiger charge is 2.36. The summed E-state index contributed by atoms with van der Waals surface area (Å²) < 4.78 is 24.1. The molecular weight excluding hydrogens is 346 g/mol. The first-order chi connectivity index (χ1) is 12.2. The third-order valence-electron chi connectivity index (χ3n) is 4.89. The van der Waals surface area contributed by atoms with E-state index in [2.05, 4.69) is 4.90 Å². The van der Waals surface area contributed by atoms with Crippen molar-refractivity contribution in [2.45, 2.75) is 23.3 Å². The van der Waals surface area contributed by atoms with Crippen LogP contribution in [0.3, 0.4) is 0 Å². The number of aliphatic hydroxyl groups is 1. The molecule has 0 heterocycles. The number of nitrogens with zero attached hydrogens (tertiary/aromatic N) is 1. The van der Waals surface area contributed by atoms with Gasteiger partial charge in [0.1, 0.15) is 5.60 Å². The molecule has 0 spiro atoms. The summed E-state index contributed by atoms with van der Waals surface area (Å²) in [6.07, 6.45) is 6.44. The minimum Gasteiger partial charge on any atom is -0.380 e. The predicted molar refractivity (Wildman–Crippen MR) is 106 cm³/mol. The van der Waals surface area contributed by atoms with Crippen molar-refractivity contribution in [2.24, 2.45) is 0 Å². The van der Waals surface area contributed by atoms with Crippen molar-refractivity contribution in [1.82, 2.24) is 4.90 Å². The zero-order valence-corrected chi connectivity index (χ0v) is 16.3. The molecule has 2 aromatic carbocycles. The van der Waals surface area contributed by atoms with E-state index in [-0.39, 0.29) is 4.90 Å². The molecule has 0 saturated carbocycles. The Morgan fingerprint density at radius 2 is 1.65 bits per heavy atom. The second kappa shape index (κ2) is 6.99. The van der Waals surface area contributed by atoms with Crippen LogP contribution in [-0.2, 0) is 15.4 Å². The van der Waals surface area contributed by atoms with Gasteiger partial charge in [0.2, 0.25) is 0 Å². The van der Waals surface area contributed by atoms with E-state index in [0.717, 1.165) is 29.7 Å². The van der Waals surface area contributed by atoms with E-state index in [1.54, 1.807) is 18.2 Å². The molecule has 5 heteroatoms. The predicted octanol–water partition coefficient (Wildman–Crippen LogP) is 3.15. The molecule has 0 radical (unpaired) electrons. The summed E-state index contributed by atoms with van der Waals surface area (Å²) in [5.41, 5.74) is 2.05.